The molecule has 118 valence electrons. The van der Waals surface area contributed by atoms with Crippen molar-refractivity contribution in [2.75, 3.05) is 13.1 Å². The molecule has 0 unspecified atom stereocenters. The van der Waals surface area contributed by atoms with Crippen LogP contribution in [0.15, 0.2) is 15.3 Å². The van der Waals surface area contributed by atoms with Gasteiger partial charge < -0.3 is 15.0 Å². The van der Waals surface area contributed by atoms with Crippen molar-refractivity contribution in [1.82, 2.24) is 9.88 Å². The van der Waals surface area contributed by atoms with E-state index in [-0.39, 0.29) is 18.0 Å². The summed E-state index contributed by atoms with van der Waals surface area (Å²) in [4.78, 5) is 40.4. The Kier molecular flexibility index (Phi) is 3.63. The van der Waals surface area contributed by atoms with E-state index < -0.39 is 22.9 Å². The van der Waals surface area contributed by atoms with E-state index in [0.717, 1.165) is 12.8 Å². The van der Waals surface area contributed by atoms with E-state index in [0.29, 0.717) is 23.1 Å². The minimum absolute atomic E-state index is 0.0121. The molecule has 1 amide bonds. The summed E-state index contributed by atoms with van der Waals surface area (Å²) in [5.74, 6) is -1.23. The number of halogens is 1. The molecule has 0 aromatic carbocycles. The summed E-state index contributed by atoms with van der Waals surface area (Å²) >= 11 is 3.30. The molecule has 2 atom stereocenters. The number of pyridine rings is 1. The number of hydrogen-bond donors (Lipinski definition) is 2. The normalized spacial score (nSPS) is 27.0. The van der Waals surface area contributed by atoms with E-state index in [9.17, 15) is 19.5 Å². The van der Waals surface area contributed by atoms with E-state index in [1.54, 1.807) is 6.92 Å². The lowest BCUT2D eigenvalue weighted by Gasteiger charge is -2.23. The average molecular weight is 369 g/mol. The fraction of sp³-hybridized carbons (Fsp3) is 0.533. The SMILES string of the molecule is Cc1[nH]c(=O)c(C(=O)N2C[C@@H]3CCC[C@@]3(C(=O)O)C2)cc1Br. The number of aryl methyl sites for hydroxylation is 1. The molecule has 2 aliphatic rings. The van der Waals surface area contributed by atoms with E-state index in [4.69, 9.17) is 0 Å². The van der Waals surface area contributed by atoms with Crippen molar-refractivity contribution in [2.24, 2.45) is 11.3 Å². The number of hydrogen-bond acceptors (Lipinski definition) is 3. The Hall–Kier alpha value is -1.63. The molecule has 1 saturated heterocycles. The summed E-state index contributed by atoms with van der Waals surface area (Å²) in [6.45, 7) is 2.34. The number of H-pyrrole nitrogens is 1. The Morgan fingerprint density at radius 2 is 2.23 bits per heavy atom. The smallest absolute Gasteiger partial charge is 0.311 e. The number of carbonyl (C=O) groups excluding carboxylic acids is 1. The highest BCUT2D eigenvalue weighted by Crippen LogP contribution is 2.49. The predicted octanol–water partition coefficient (Wildman–Crippen LogP) is 1.77. The van der Waals surface area contributed by atoms with Gasteiger partial charge in [0.2, 0.25) is 0 Å². The molecule has 1 aliphatic carbocycles. The molecule has 0 spiro atoms. The summed E-state index contributed by atoms with van der Waals surface area (Å²) in [6.07, 6.45) is 2.31. The number of aromatic nitrogens is 1. The maximum absolute atomic E-state index is 12.6. The fourth-order valence-corrected chi connectivity index (χ4v) is 4.05. The quantitative estimate of drug-likeness (QED) is 0.832. The predicted molar refractivity (Wildman–Crippen MR) is 82.8 cm³/mol. The van der Waals surface area contributed by atoms with Crippen LogP contribution in [0.2, 0.25) is 0 Å². The third-order valence-electron chi connectivity index (χ3n) is 4.99. The molecule has 1 aromatic heterocycles. The Labute approximate surface area is 135 Å². The molecule has 1 aliphatic heterocycles. The molecule has 2 fully saturated rings. The van der Waals surface area contributed by atoms with Gasteiger partial charge in [0, 0.05) is 23.3 Å². The molecule has 7 heteroatoms. The second-order valence-corrected chi connectivity index (χ2v) is 7.08. The number of carboxylic acid groups (broad SMARTS) is 1. The minimum Gasteiger partial charge on any atom is -0.481 e. The maximum Gasteiger partial charge on any atom is 0.311 e. The van der Waals surface area contributed by atoms with E-state index >= 15 is 0 Å². The number of nitrogens with one attached hydrogen (secondary N) is 1. The van der Waals surface area contributed by atoms with E-state index in [1.165, 1.54) is 11.0 Å². The summed E-state index contributed by atoms with van der Waals surface area (Å²) in [5.41, 5.74) is -0.559. The third-order valence-corrected chi connectivity index (χ3v) is 5.81. The molecular weight excluding hydrogens is 352 g/mol. The molecular formula is C15H17BrN2O4. The number of carbonyl (C=O) groups is 2. The number of rotatable bonds is 2. The van der Waals surface area contributed by atoms with Crippen molar-refractivity contribution in [3.63, 3.8) is 0 Å². The van der Waals surface area contributed by atoms with Crippen LogP contribution in [0.25, 0.3) is 0 Å². The average Bonchev–Trinajstić information content (AvgIpc) is 2.99. The summed E-state index contributed by atoms with van der Waals surface area (Å²) in [6, 6.07) is 1.51. The number of nitrogens with zero attached hydrogens (tertiary/aromatic N) is 1. The van der Waals surface area contributed by atoms with Crippen LogP contribution in [0.1, 0.15) is 35.3 Å². The standard InChI is InChI=1S/C15H17BrN2O4/c1-8-11(16)5-10(12(19)17-8)13(20)18-6-9-3-2-4-15(9,7-18)14(21)22/h5,9H,2-4,6-7H2,1H3,(H,17,19)(H,21,22)/t9-,15+/m0/s1. The van der Waals surface area contributed by atoms with Crippen LogP contribution in [-0.2, 0) is 4.79 Å². The van der Waals surface area contributed by atoms with Crippen LogP contribution >= 0.6 is 15.9 Å². The number of amides is 1. The highest BCUT2D eigenvalue weighted by molar-refractivity contribution is 9.10. The van der Waals surface area contributed by atoms with Crippen molar-refractivity contribution in [3.8, 4) is 0 Å². The van der Waals surface area contributed by atoms with Crippen LogP contribution in [0, 0.1) is 18.3 Å². The number of aliphatic carboxylic acids is 1. The Morgan fingerprint density at radius 1 is 1.50 bits per heavy atom. The number of aromatic amines is 1. The first-order valence-electron chi connectivity index (χ1n) is 7.27. The monoisotopic (exact) mass is 368 g/mol. The zero-order chi connectivity index (χ0) is 16.1. The van der Waals surface area contributed by atoms with Crippen molar-refractivity contribution < 1.29 is 14.7 Å². The van der Waals surface area contributed by atoms with Crippen molar-refractivity contribution in [1.29, 1.82) is 0 Å². The molecule has 0 radical (unpaired) electrons. The van der Waals surface area contributed by atoms with E-state index in [1.807, 2.05) is 0 Å². The lowest BCUT2D eigenvalue weighted by molar-refractivity contribution is -0.149. The zero-order valence-corrected chi connectivity index (χ0v) is 13.8. The molecule has 1 aromatic rings. The minimum atomic E-state index is -0.829. The van der Waals surface area contributed by atoms with Gasteiger partial charge in [-0.25, -0.2) is 0 Å². The second-order valence-electron chi connectivity index (χ2n) is 6.22. The number of carboxylic acids is 1. The summed E-state index contributed by atoms with van der Waals surface area (Å²) in [5, 5.41) is 9.57. The van der Waals surface area contributed by atoms with Crippen LogP contribution in [0.5, 0.6) is 0 Å². The highest BCUT2D eigenvalue weighted by atomic mass is 79.9. The van der Waals surface area contributed by atoms with Crippen LogP contribution in [-0.4, -0.2) is 40.0 Å². The topological polar surface area (TPSA) is 90.5 Å². The highest BCUT2D eigenvalue weighted by Gasteiger charge is 2.55. The molecule has 3 rings (SSSR count). The first-order chi connectivity index (χ1) is 10.3. The second kappa shape index (κ2) is 5.22. The van der Waals surface area contributed by atoms with Crippen LogP contribution in [0.3, 0.4) is 0 Å². The zero-order valence-electron chi connectivity index (χ0n) is 12.2. The van der Waals surface area contributed by atoms with Gasteiger partial charge in [0.05, 0.1) is 5.41 Å². The van der Waals surface area contributed by atoms with Crippen molar-refractivity contribution in [2.45, 2.75) is 26.2 Å². The van der Waals surface area contributed by atoms with Gasteiger partial charge >= 0.3 is 5.97 Å². The van der Waals surface area contributed by atoms with Gasteiger partial charge in [-0.1, -0.05) is 6.42 Å². The molecule has 2 N–H and O–H groups in total. The lowest BCUT2D eigenvalue weighted by Crippen LogP contribution is -2.38. The lowest BCUT2D eigenvalue weighted by atomic mass is 9.81. The largest absolute Gasteiger partial charge is 0.481 e. The molecule has 22 heavy (non-hydrogen) atoms. The van der Waals surface area contributed by atoms with Crippen molar-refractivity contribution in [3.05, 3.63) is 32.2 Å². The van der Waals surface area contributed by atoms with Gasteiger partial charge in [0.15, 0.2) is 0 Å². The number of fused-ring (bicyclic) bond motifs is 1. The van der Waals surface area contributed by atoms with Gasteiger partial charge in [0.1, 0.15) is 5.56 Å². The van der Waals surface area contributed by atoms with Gasteiger partial charge in [-0.2, -0.15) is 0 Å². The van der Waals surface area contributed by atoms with Crippen molar-refractivity contribution >= 4 is 27.8 Å². The van der Waals surface area contributed by atoms with Gasteiger partial charge in [-0.05, 0) is 47.7 Å². The molecule has 2 heterocycles. The summed E-state index contributed by atoms with van der Waals surface area (Å²) < 4.78 is 0.655. The van der Waals surface area contributed by atoms with Crippen LogP contribution in [0.4, 0.5) is 0 Å². The number of likely N-dealkylation sites (tertiary alicyclic amines) is 1. The van der Waals surface area contributed by atoms with Gasteiger partial charge in [-0.3, -0.25) is 14.4 Å². The van der Waals surface area contributed by atoms with E-state index in [2.05, 4.69) is 20.9 Å². The van der Waals surface area contributed by atoms with Gasteiger partial charge in [0.25, 0.3) is 11.5 Å². The summed E-state index contributed by atoms with van der Waals surface area (Å²) in [7, 11) is 0. The van der Waals surface area contributed by atoms with Gasteiger partial charge in [-0.15, -0.1) is 0 Å². The first-order valence-corrected chi connectivity index (χ1v) is 8.06. The third kappa shape index (κ3) is 2.18. The molecule has 6 nitrogen and oxygen atoms in total. The Bertz CT molecular complexity index is 714. The van der Waals surface area contributed by atoms with Crippen LogP contribution < -0.4 is 5.56 Å². The Balaban J connectivity index is 1.91. The first kappa shape index (κ1) is 15.3. The molecule has 0 bridgehead atoms. The fourth-order valence-electron chi connectivity index (χ4n) is 3.72. The molecule has 1 saturated carbocycles. The Morgan fingerprint density at radius 3 is 2.86 bits per heavy atom. The maximum atomic E-state index is 12.6.